The Morgan fingerprint density at radius 1 is 1.34 bits per heavy atom. The number of ether oxygens (including phenoxy) is 1. The number of carbonyl (C=O) groups is 3. The third kappa shape index (κ3) is 3.86. The van der Waals surface area contributed by atoms with Crippen molar-refractivity contribution in [1.82, 2.24) is 10.2 Å². The van der Waals surface area contributed by atoms with Crippen molar-refractivity contribution in [2.75, 3.05) is 42.5 Å². The predicted molar refractivity (Wildman–Crippen MR) is 104 cm³/mol. The molecule has 3 aliphatic rings. The molecule has 3 heterocycles. The van der Waals surface area contributed by atoms with Crippen molar-refractivity contribution in [3.8, 4) is 0 Å². The monoisotopic (exact) mass is 404 g/mol. The topological polar surface area (TPSA) is 82.2 Å². The highest BCUT2D eigenvalue weighted by Gasteiger charge is 2.39. The molecular weight excluding hydrogens is 379 g/mol. The molecule has 0 radical (unpaired) electrons. The molecule has 1 aromatic carbocycles. The van der Waals surface area contributed by atoms with Crippen LogP contribution in [0.5, 0.6) is 0 Å². The number of amides is 3. The lowest BCUT2D eigenvalue weighted by molar-refractivity contribution is -0.122. The highest BCUT2D eigenvalue weighted by molar-refractivity contribution is 5.90. The van der Waals surface area contributed by atoms with Crippen LogP contribution in [-0.4, -0.2) is 68.2 Å². The van der Waals surface area contributed by atoms with E-state index in [0.29, 0.717) is 23.8 Å². The summed E-state index contributed by atoms with van der Waals surface area (Å²) in [7, 11) is 0. The molecule has 8 nitrogen and oxygen atoms in total. The second-order valence-corrected chi connectivity index (χ2v) is 7.91. The van der Waals surface area contributed by atoms with Gasteiger partial charge in [0.15, 0.2) is 0 Å². The first-order chi connectivity index (χ1) is 14.0. The van der Waals surface area contributed by atoms with Crippen LogP contribution < -0.4 is 15.1 Å². The molecule has 9 heteroatoms. The van der Waals surface area contributed by atoms with Crippen molar-refractivity contribution < 1.29 is 23.5 Å². The summed E-state index contributed by atoms with van der Waals surface area (Å²) >= 11 is 0. The summed E-state index contributed by atoms with van der Waals surface area (Å²) in [5.41, 5.74) is 0.907. The smallest absolute Gasteiger partial charge is 0.414 e. The van der Waals surface area contributed by atoms with Gasteiger partial charge in [0.2, 0.25) is 12.3 Å². The number of hydrogen-bond donors (Lipinski definition) is 1. The molecule has 3 saturated heterocycles. The number of fused-ring (bicyclic) bond motifs is 1. The zero-order valence-electron chi connectivity index (χ0n) is 16.3. The average Bonchev–Trinajstić information content (AvgIpc) is 3.29. The minimum absolute atomic E-state index is 0.128. The molecule has 1 aromatic rings. The molecule has 4 rings (SSSR count). The fraction of sp³-hybridized carbons (Fsp3) is 0.550. The maximum Gasteiger partial charge on any atom is 0.414 e. The Labute approximate surface area is 168 Å². The summed E-state index contributed by atoms with van der Waals surface area (Å²) in [5.74, 6) is -0.248. The molecule has 3 unspecified atom stereocenters. The number of carbonyl (C=O) groups excluding carboxylic acids is 3. The van der Waals surface area contributed by atoms with Crippen LogP contribution in [0, 0.1) is 11.7 Å². The van der Waals surface area contributed by atoms with Gasteiger partial charge in [0.1, 0.15) is 11.9 Å². The molecule has 29 heavy (non-hydrogen) atoms. The number of piperidine rings is 1. The number of nitrogens with one attached hydrogen (secondary N) is 1. The van der Waals surface area contributed by atoms with E-state index in [1.54, 1.807) is 12.1 Å². The lowest BCUT2D eigenvalue weighted by atomic mass is 9.93. The first-order valence-electron chi connectivity index (χ1n) is 9.94. The van der Waals surface area contributed by atoms with Crippen molar-refractivity contribution in [1.29, 1.82) is 0 Å². The largest absolute Gasteiger partial charge is 0.442 e. The highest BCUT2D eigenvalue weighted by Crippen LogP contribution is 2.35. The van der Waals surface area contributed by atoms with E-state index in [0.717, 1.165) is 32.3 Å². The van der Waals surface area contributed by atoms with Crippen LogP contribution in [-0.2, 0) is 14.3 Å². The van der Waals surface area contributed by atoms with Crippen LogP contribution in [0.15, 0.2) is 18.2 Å². The van der Waals surface area contributed by atoms with Crippen molar-refractivity contribution in [2.24, 2.45) is 5.92 Å². The Morgan fingerprint density at radius 3 is 2.90 bits per heavy atom. The van der Waals surface area contributed by atoms with Crippen LogP contribution in [0.4, 0.5) is 20.6 Å². The number of likely N-dealkylation sites (tertiary alicyclic amines) is 1. The number of cyclic esters (lactones) is 1. The molecule has 156 valence electrons. The van der Waals surface area contributed by atoms with Crippen LogP contribution >= 0.6 is 0 Å². The third-order valence-corrected chi connectivity index (χ3v) is 6.00. The molecule has 3 aliphatic heterocycles. The minimum Gasteiger partial charge on any atom is -0.442 e. The number of halogens is 1. The number of hydrogen-bond acceptors (Lipinski definition) is 5. The van der Waals surface area contributed by atoms with Gasteiger partial charge in [-0.3, -0.25) is 14.5 Å². The van der Waals surface area contributed by atoms with Gasteiger partial charge in [0.05, 0.1) is 30.5 Å². The number of anilines is 2. The Hall–Kier alpha value is -2.84. The summed E-state index contributed by atoms with van der Waals surface area (Å²) in [5, 5.41) is 2.62. The van der Waals surface area contributed by atoms with E-state index in [1.165, 1.54) is 17.9 Å². The summed E-state index contributed by atoms with van der Waals surface area (Å²) in [6.07, 6.45) is 1.90. The van der Waals surface area contributed by atoms with E-state index in [1.807, 2.05) is 9.80 Å². The normalized spacial score (nSPS) is 26.3. The second-order valence-electron chi connectivity index (χ2n) is 7.91. The second kappa shape index (κ2) is 7.88. The van der Waals surface area contributed by atoms with Gasteiger partial charge in [-0.05, 0) is 37.0 Å². The standard InChI is InChI=1S/C20H25FN4O4/c1-13(27)22-8-16-10-25(20(28)29-16)15-4-5-18(17(21)7-15)24-9-14-3-2-6-23(12-26)19(14)11-24/h4-5,7,12,14,16,19H,2-3,6,8-11H2,1H3,(H,22,27). The van der Waals surface area contributed by atoms with Gasteiger partial charge in [-0.2, -0.15) is 0 Å². The van der Waals surface area contributed by atoms with Gasteiger partial charge >= 0.3 is 6.09 Å². The molecule has 0 aliphatic carbocycles. The molecule has 0 bridgehead atoms. The maximum atomic E-state index is 14.9. The Morgan fingerprint density at radius 2 is 2.17 bits per heavy atom. The minimum atomic E-state index is -0.554. The molecule has 0 spiro atoms. The van der Waals surface area contributed by atoms with Crippen LogP contribution in [0.2, 0.25) is 0 Å². The fourth-order valence-electron chi connectivity index (χ4n) is 4.56. The summed E-state index contributed by atoms with van der Waals surface area (Å²) in [6.45, 7) is 3.96. The van der Waals surface area contributed by atoms with E-state index in [4.69, 9.17) is 4.74 Å². The lowest BCUT2D eigenvalue weighted by Crippen LogP contribution is -2.44. The molecule has 3 fully saturated rings. The van der Waals surface area contributed by atoms with E-state index < -0.39 is 18.0 Å². The zero-order chi connectivity index (χ0) is 20.5. The van der Waals surface area contributed by atoms with Crippen LogP contribution in [0.1, 0.15) is 19.8 Å². The van der Waals surface area contributed by atoms with Crippen molar-refractivity contribution in [3.63, 3.8) is 0 Å². The van der Waals surface area contributed by atoms with Gasteiger partial charge in [-0.25, -0.2) is 9.18 Å². The van der Waals surface area contributed by atoms with Gasteiger partial charge in [-0.1, -0.05) is 0 Å². The first-order valence-corrected chi connectivity index (χ1v) is 9.94. The molecular formula is C20H25FN4O4. The third-order valence-electron chi connectivity index (χ3n) is 6.00. The number of benzene rings is 1. The molecule has 1 N–H and O–H groups in total. The number of nitrogens with zero attached hydrogens (tertiary/aromatic N) is 3. The summed E-state index contributed by atoms with van der Waals surface area (Å²) in [6, 6.07) is 4.86. The quantitative estimate of drug-likeness (QED) is 0.749. The summed E-state index contributed by atoms with van der Waals surface area (Å²) in [4.78, 5) is 39.7. The van der Waals surface area contributed by atoms with Crippen molar-refractivity contribution in [3.05, 3.63) is 24.0 Å². The van der Waals surface area contributed by atoms with E-state index in [2.05, 4.69) is 5.32 Å². The fourth-order valence-corrected chi connectivity index (χ4v) is 4.56. The Bertz CT molecular complexity index is 820. The van der Waals surface area contributed by atoms with E-state index in [-0.39, 0.29) is 25.0 Å². The zero-order valence-corrected chi connectivity index (χ0v) is 16.3. The van der Waals surface area contributed by atoms with Crippen molar-refractivity contribution >= 4 is 29.8 Å². The Balaban J connectivity index is 1.45. The van der Waals surface area contributed by atoms with Gasteiger partial charge < -0.3 is 19.9 Å². The molecule has 3 amide bonds. The average molecular weight is 404 g/mol. The van der Waals surface area contributed by atoms with Crippen LogP contribution in [0.3, 0.4) is 0 Å². The summed E-state index contributed by atoms with van der Waals surface area (Å²) < 4.78 is 20.2. The van der Waals surface area contributed by atoms with Crippen molar-refractivity contribution in [2.45, 2.75) is 31.9 Å². The molecule has 0 saturated carbocycles. The molecule has 3 atom stereocenters. The maximum absolute atomic E-state index is 14.9. The number of rotatable bonds is 5. The van der Waals surface area contributed by atoms with Gasteiger partial charge in [0, 0.05) is 26.6 Å². The van der Waals surface area contributed by atoms with E-state index in [9.17, 15) is 18.8 Å². The highest BCUT2D eigenvalue weighted by atomic mass is 19.1. The first kappa shape index (κ1) is 19.5. The lowest BCUT2D eigenvalue weighted by Gasteiger charge is -2.33. The predicted octanol–water partition coefficient (Wildman–Crippen LogP) is 1.34. The Kier molecular flexibility index (Phi) is 5.29. The van der Waals surface area contributed by atoms with Gasteiger partial charge in [0.25, 0.3) is 0 Å². The SMILES string of the molecule is CC(=O)NCC1CN(c2ccc(N3CC4CCCN(C=O)C4C3)c(F)c2)C(=O)O1. The van der Waals surface area contributed by atoms with E-state index >= 15 is 0 Å². The molecule has 0 aromatic heterocycles. The van der Waals surface area contributed by atoms with Crippen LogP contribution in [0.25, 0.3) is 0 Å². The van der Waals surface area contributed by atoms with Gasteiger partial charge in [-0.15, -0.1) is 0 Å².